The van der Waals surface area contributed by atoms with Crippen molar-refractivity contribution in [3.05, 3.63) is 59.7 Å². The maximum Gasteiger partial charge on any atom is 0.387 e. The molecule has 2 aromatic rings. The monoisotopic (exact) mass is 307 g/mol. The minimum atomic E-state index is -2.99. The van der Waals surface area contributed by atoms with Crippen LogP contribution >= 0.6 is 0 Å². The third-order valence-corrected chi connectivity index (χ3v) is 2.84. The fourth-order valence-electron chi connectivity index (χ4n) is 1.96. The zero-order valence-electron chi connectivity index (χ0n) is 11.9. The second kappa shape index (κ2) is 7.51. The first-order valence-corrected chi connectivity index (χ1v) is 6.53. The molecule has 1 amide bonds. The molecule has 116 valence electrons. The van der Waals surface area contributed by atoms with E-state index in [1.807, 2.05) is 6.07 Å². The number of alkyl halides is 2. The summed E-state index contributed by atoms with van der Waals surface area (Å²) in [6.45, 7) is -2.58. The van der Waals surface area contributed by atoms with Crippen molar-refractivity contribution in [2.45, 2.75) is 13.2 Å². The van der Waals surface area contributed by atoms with Gasteiger partial charge in [-0.25, -0.2) is 0 Å². The Morgan fingerprint density at radius 3 is 2.68 bits per heavy atom. The van der Waals surface area contributed by atoms with Crippen LogP contribution < -0.4 is 10.1 Å². The lowest BCUT2D eigenvalue weighted by molar-refractivity contribution is -0.0501. The maximum absolute atomic E-state index is 12.4. The number of benzene rings is 2. The van der Waals surface area contributed by atoms with E-state index < -0.39 is 12.5 Å². The van der Waals surface area contributed by atoms with E-state index in [0.717, 1.165) is 5.56 Å². The van der Waals surface area contributed by atoms with Crippen molar-refractivity contribution in [3.8, 4) is 5.75 Å². The fraction of sp³-hybridized carbons (Fsp3) is 0.188. The van der Waals surface area contributed by atoms with Crippen molar-refractivity contribution in [3.63, 3.8) is 0 Å². The molecule has 22 heavy (non-hydrogen) atoms. The van der Waals surface area contributed by atoms with Gasteiger partial charge in [0.05, 0.1) is 12.2 Å². The van der Waals surface area contributed by atoms with Crippen molar-refractivity contribution in [1.29, 1.82) is 0 Å². The highest BCUT2D eigenvalue weighted by molar-refractivity contribution is 6.06. The van der Waals surface area contributed by atoms with E-state index in [-0.39, 0.29) is 11.3 Å². The van der Waals surface area contributed by atoms with Crippen LogP contribution in [0.25, 0.3) is 0 Å². The molecule has 0 bridgehead atoms. The summed E-state index contributed by atoms with van der Waals surface area (Å²) in [5, 5.41) is 2.65. The van der Waals surface area contributed by atoms with Crippen molar-refractivity contribution in [2.24, 2.45) is 0 Å². The predicted octanol–water partition coefficient (Wildman–Crippen LogP) is 3.69. The number of carbonyl (C=O) groups is 1. The molecular formula is C16H15F2NO3. The van der Waals surface area contributed by atoms with Gasteiger partial charge in [-0.3, -0.25) is 4.79 Å². The number of hydrogen-bond acceptors (Lipinski definition) is 3. The largest absolute Gasteiger partial charge is 0.434 e. The lowest BCUT2D eigenvalue weighted by Crippen LogP contribution is -2.15. The summed E-state index contributed by atoms with van der Waals surface area (Å²) in [6.07, 6.45) is 0. The number of amides is 1. The normalized spacial score (nSPS) is 10.5. The molecule has 6 heteroatoms. The van der Waals surface area contributed by atoms with Crippen LogP contribution in [0, 0.1) is 0 Å². The lowest BCUT2D eigenvalue weighted by atomic mass is 10.1. The zero-order chi connectivity index (χ0) is 15.9. The van der Waals surface area contributed by atoms with E-state index in [2.05, 4.69) is 10.1 Å². The zero-order valence-corrected chi connectivity index (χ0v) is 11.9. The van der Waals surface area contributed by atoms with E-state index in [1.54, 1.807) is 31.4 Å². The molecule has 0 aromatic heterocycles. The standard InChI is InChI=1S/C16H15F2NO3/c1-21-10-11-5-4-6-12(9-11)19-15(20)13-7-2-3-8-14(13)22-16(17)18/h2-9,16H,10H2,1H3,(H,19,20). The number of rotatable bonds is 6. The molecule has 0 radical (unpaired) electrons. The summed E-state index contributed by atoms with van der Waals surface area (Å²) in [7, 11) is 1.57. The topological polar surface area (TPSA) is 47.6 Å². The van der Waals surface area contributed by atoms with Gasteiger partial charge in [0, 0.05) is 12.8 Å². The molecule has 0 heterocycles. The van der Waals surface area contributed by atoms with Crippen molar-refractivity contribution in [1.82, 2.24) is 0 Å². The highest BCUT2D eigenvalue weighted by Crippen LogP contribution is 2.22. The van der Waals surface area contributed by atoms with Gasteiger partial charge in [-0.1, -0.05) is 24.3 Å². The molecule has 1 N–H and O–H groups in total. The molecule has 2 rings (SSSR count). The molecule has 0 atom stereocenters. The number of para-hydroxylation sites is 1. The summed E-state index contributed by atoms with van der Waals surface area (Å²) in [4.78, 5) is 12.2. The average Bonchev–Trinajstić information content (AvgIpc) is 2.48. The molecule has 0 saturated carbocycles. The van der Waals surface area contributed by atoms with E-state index in [1.165, 1.54) is 18.2 Å². The van der Waals surface area contributed by atoms with Gasteiger partial charge in [0.25, 0.3) is 5.91 Å². The highest BCUT2D eigenvalue weighted by atomic mass is 19.3. The molecule has 0 spiro atoms. The second-order valence-electron chi connectivity index (χ2n) is 4.46. The van der Waals surface area contributed by atoms with Gasteiger partial charge in [-0.15, -0.1) is 0 Å². The van der Waals surface area contributed by atoms with Gasteiger partial charge in [0.15, 0.2) is 0 Å². The third-order valence-electron chi connectivity index (χ3n) is 2.84. The Labute approximate surface area is 126 Å². The number of halogens is 2. The maximum atomic E-state index is 12.4. The molecule has 2 aromatic carbocycles. The van der Waals surface area contributed by atoms with Gasteiger partial charge in [0.2, 0.25) is 0 Å². The molecule has 0 aliphatic rings. The molecule has 0 saturated heterocycles. The Morgan fingerprint density at radius 1 is 1.18 bits per heavy atom. The second-order valence-corrected chi connectivity index (χ2v) is 4.46. The summed E-state index contributed by atoms with van der Waals surface area (Å²) < 4.78 is 34.1. The van der Waals surface area contributed by atoms with Crippen LogP contribution in [0.5, 0.6) is 5.75 Å². The molecule has 4 nitrogen and oxygen atoms in total. The summed E-state index contributed by atoms with van der Waals surface area (Å²) in [5.41, 5.74) is 1.48. The van der Waals surface area contributed by atoms with Gasteiger partial charge in [-0.2, -0.15) is 8.78 Å². The van der Waals surface area contributed by atoms with Crippen LogP contribution in [-0.2, 0) is 11.3 Å². The van der Waals surface area contributed by atoms with Gasteiger partial charge < -0.3 is 14.8 Å². The van der Waals surface area contributed by atoms with E-state index in [4.69, 9.17) is 4.74 Å². The summed E-state index contributed by atoms with van der Waals surface area (Å²) in [6, 6.07) is 12.9. The Balaban J connectivity index is 2.17. The van der Waals surface area contributed by atoms with Crippen LogP contribution in [0.15, 0.2) is 48.5 Å². The van der Waals surface area contributed by atoms with Crippen molar-refractivity contribution >= 4 is 11.6 Å². The Kier molecular flexibility index (Phi) is 5.43. The minimum absolute atomic E-state index is 0.0416. The predicted molar refractivity (Wildman–Crippen MR) is 78.2 cm³/mol. The van der Waals surface area contributed by atoms with E-state index in [0.29, 0.717) is 12.3 Å². The first-order valence-electron chi connectivity index (χ1n) is 6.53. The van der Waals surface area contributed by atoms with Crippen LogP contribution in [0.4, 0.5) is 14.5 Å². The van der Waals surface area contributed by atoms with Crippen LogP contribution in [0.1, 0.15) is 15.9 Å². The minimum Gasteiger partial charge on any atom is -0.434 e. The number of ether oxygens (including phenoxy) is 2. The molecule has 0 fully saturated rings. The Bertz CT molecular complexity index is 647. The summed E-state index contributed by atoms with van der Waals surface area (Å²) >= 11 is 0. The number of carbonyl (C=O) groups excluding carboxylic acids is 1. The van der Waals surface area contributed by atoms with Gasteiger partial charge in [0.1, 0.15) is 5.75 Å². The van der Waals surface area contributed by atoms with Crippen molar-refractivity contribution in [2.75, 3.05) is 12.4 Å². The van der Waals surface area contributed by atoms with Crippen molar-refractivity contribution < 1.29 is 23.0 Å². The fourth-order valence-corrected chi connectivity index (χ4v) is 1.96. The van der Waals surface area contributed by atoms with Gasteiger partial charge in [-0.05, 0) is 29.8 Å². The van der Waals surface area contributed by atoms with Gasteiger partial charge >= 0.3 is 6.61 Å². The Hall–Kier alpha value is -2.47. The molecular weight excluding hydrogens is 292 g/mol. The smallest absolute Gasteiger partial charge is 0.387 e. The molecule has 0 aliphatic heterocycles. The number of anilines is 1. The van der Waals surface area contributed by atoms with E-state index >= 15 is 0 Å². The third kappa shape index (κ3) is 4.26. The average molecular weight is 307 g/mol. The summed E-state index contributed by atoms with van der Waals surface area (Å²) in [5.74, 6) is -0.686. The number of hydrogen-bond donors (Lipinski definition) is 1. The first-order chi connectivity index (χ1) is 10.6. The first kappa shape index (κ1) is 15.9. The van der Waals surface area contributed by atoms with Crippen LogP contribution in [-0.4, -0.2) is 19.6 Å². The SMILES string of the molecule is COCc1cccc(NC(=O)c2ccccc2OC(F)F)c1. The van der Waals surface area contributed by atoms with Crippen LogP contribution in [0.2, 0.25) is 0 Å². The molecule has 0 aliphatic carbocycles. The van der Waals surface area contributed by atoms with Crippen LogP contribution in [0.3, 0.4) is 0 Å². The Morgan fingerprint density at radius 2 is 1.95 bits per heavy atom. The number of nitrogens with one attached hydrogen (secondary N) is 1. The lowest BCUT2D eigenvalue weighted by Gasteiger charge is -2.11. The quantitative estimate of drug-likeness (QED) is 0.885. The number of methoxy groups -OCH3 is 1. The highest BCUT2D eigenvalue weighted by Gasteiger charge is 2.15. The molecule has 0 unspecified atom stereocenters. The van der Waals surface area contributed by atoms with E-state index in [9.17, 15) is 13.6 Å².